The summed E-state index contributed by atoms with van der Waals surface area (Å²) in [6, 6.07) is 26.3. The number of unbranched alkanes of at least 4 members (excludes halogenated alkanes) is 4. The van der Waals surface area contributed by atoms with Gasteiger partial charge in [0.2, 0.25) is 0 Å². The summed E-state index contributed by atoms with van der Waals surface area (Å²) >= 11 is 0. The molecule has 4 aromatic rings. The van der Waals surface area contributed by atoms with Crippen LogP contribution in [0.15, 0.2) is 72.8 Å². The number of hydrogen-bond acceptors (Lipinski definition) is 5. The molecule has 0 amide bonds. The molecule has 0 saturated carbocycles. The quantitative estimate of drug-likeness (QED) is 0.0470. The van der Waals surface area contributed by atoms with Crippen molar-refractivity contribution in [2.75, 3.05) is 26.4 Å². The van der Waals surface area contributed by atoms with Gasteiger partial charge in [0.15, 0.2) is 0 Å². The van der Waals surface area contributed by atoms with Crippen LogP contribution in [-0.2, 0) is 29.8 Å². The van der Waals surface area contributed by atoms with Gasteiger partial charge in [-0.05, 0) is 97.9 Å². The first-order chi connectivity index (χ1) is 27.0. The van der Waals surface area contributed by atoms with Crippen LogP contribution >= 0.6 is 0 Å². The first-order valence-corrected chi connectivity index (χ1v) is 24.2. The Bertz CT molecular complexity index is 1480. The van der Waals surface area contributed by atoms with Crippen LogP contribution in [-0.4, -0.2) is 44.5 Å². The number of hydrogen-bond donors (Lipinski definition) is 0. The van der Waals surface area contributed by atoms with E-state index in [0.29, 0.717) is 26.4 Å². The molecular weight excluding hydrogens is 713 g/mol. The van der Waals surface area contributed by atoms with Crippen molar-refractivity contribution in [2.24, 2.45) is 0 Å². The van der Waals surface area contributed by atoms with Crippen molar-refractivity contribution < 1.29 is 23.1 Å². The topological polar surface area (TPSA) is 46.2 Å². The molecule has 0 saturated heterocycles. The highest BCUT2D eigenvalue weighted by molar-refractivity contribution is 6.93. The van der Waals surface area contributed by atoms with Gasteiger partial charge in [-0.3, -0.25) is 0 Å². The molecule has 0 N–H and O–H groups in total. The minimum absolute atomic E-state index is 0.668. The molecular formula is C48H68O5Si2. The van der Waals surface area contributed by atoms with Crippen molar-refractivity contribution in [1.82, 2.24) is 0 Å². The van der Waals surface area contributed by atoms with Crippen LogP contribution in [0.2, 0.25) is 0 Å². The summed E-state index contributed by atoms with van der Waals surface area (Å²) < 4.78 is 35.3. The summed E-state index contributed by atoms with van der Waals surface area (Å²) in [5.74, 6) is 3.72. The summed E-state index contributed by atoms with van der Waals surface area (Å²) in [5, 5.41) is 4.78. The van der Waals surface area contributed by atoms with E-state index in [2.05, 4.69) is 128 Å². The van der Waals surface area contributed by atoms with Crippen LogP contribution in [0.1, 0.15) is 129 Å². The van der Waals surface area contributed by atoms with E-state index in [-0.39, 0.29) is 0 Å². The maximum absolute atomic E-state index is 8.24. The SMILES string of the molecule is CCCCOc1cccc(CC)c1[Si](O[Si](c1c(CC)cccc1OCCCC)c1c(CC)cccc1OCCCC)c1c(CC)cccc1OCCCC. The zero-order valence-electron chi connectivity index (χ0n) is 35.3. The van der Waals surface area contributed by atoms with Crippen molar-refractivity contribution in [3.8, 4) is 23.0 Å². The molecule has 0 aliphatic heterocycles. The third-order valence-electron chi connectivity index (χ3n) is 10.1. The molecule has 4 rings (SSSR count). The molecule has 0 atom stereocenters. The van der Waals surface area contributed by atoms with Gasteiger partial charge >= 0.3 is 0 Å². The van der Waals surface area contributed by atoms with Crippen LogP contribution in [0.25, 0.3) is 0 Å². The summed E-state index contributed by atoms with van der Waals surface area (Å²) in [5.41, 5.74) is 5.06. The van der Waals surface area contributed by atoms with Crippen molar-refractivity contribution in [3.05, 3.63) is 95.1 Å². The molecule has 4 aromatic carbocycles. The van der Waals surface area contributed by atoms with Gasteiger partial charge in [0.25, 0.3) is 18.1 Å². The fourth-order valence-corrected chi connectivity index (χ4v) is 13.5. The van der Waals surface area contributed by atoms with E-state index in [1.54, 1.807) is 0 Å². The van der Waals surface area contributed by atoms with E-state index in [1.807, 2.05) is 0 Å². The lowest BCUT2D eigenvalue weighted by Gasteiger charge is -2.32. The highest BCUT2D eigenvalue weighted by atomic mass is 28.4. The molecule has 298 valence electrons. The zero-order chi connectivity index (χ0) is 39.4. The van der Waals surface area contributed by atoms with E-state index in [0.717, 1.165) is 100 Å². The third kappa shape index (κ3) is 11.7. The van der Waals surface area contributed by atoms with Gasteiger partial charge in [0.05, 0.1) is 26.4 Å². The average Bonchev–Trinajstić information content (AvgIpc) is 3.22. The maximum Gasteiger partial charge on any atom is 0.280 e. The molecule has 0 aromatic heterocycles. The first-order valence-electron chi connectivity index (χ1n) is 21.4. The lowest BCUT2D eigenvalue weighted by atomic mass is 10.1. The lowest BCUT2D eigenvalue weighted by Crippen LogP contribution is -2.59. The molecule has 0 unspecified atom stereocenters. The summed E-state index contributed by atoms with van der Waals surface area (Å²) in [7, 11) is -4.11. The lowest BCUT2D eigenvalue weighted by molar-refractivity contribution is 0.309. The number of benzene rings is 4. The first kappa shape index (κ1) is 44.2. The van der Waals surface area contributed by atoms with Crippen LogP contribution in [0.3, 0.4) is 0 Å². The molecule has 5 nitrogen and oxygen atoms in total. The maximum atomic E-state index is 8.24. The van der Waals surface area contributed by atoms with Crippen molar-refractivity contribution in [1.29, 1.82) is 0 Å². The normalized spacial score (nSPS) is 11.4. The molecule has 0 aliphatic carbocycles. The minimum Gasteiger partial charge on any atom is -0.494 e. The van der Waals surface area contributed by atoms with Crippen LogP contribution in [0.5, 0.6) is 23.0 Å². The molecule has 0 fully saturated rings. The Kier molecular flexibility index (Phi) is 19.4. The Hall–Kier alpha value is -3.53. The second-order valence-corrected chi connectivity index (χ2v) is 18.3. The van der Waals surface area contributed by atoms with Gasteiger partial charge in [-0.25, -0.2) is 0 Å². The Balaban J connectivity index is 2.14. The Labute approximate surface area is 337 Å². The monoisotopic (exact) mass is 780 g/mol. The predicted molar refractivity (Wildman–Crippen MR) is 236 cm³/mol. The van der Waals surface area contributed by atoms with Gasteiger partial charge < -0.3 is 23.1 Å². The highest BCUT2D eigenvalue weighted by Gasteiger charge is 2.39. The fraction of sp³-hybridized carbons (Fsp3) is 0.500. The Morgan fingerprint density at radius 1 is 0.345 bits per heavy atom. The minimum atomic E-state index is -2.06. The van der Waals surface area contributed by atoms with Crippen LogP contribution in [0, 0.1) is 0 Å². The zero-order valence-corrected chi connectivity index (χ0v) is 37.3. The molecule has 0 spiro atoms. The van der Waals surface area contributed by atoms with Crippen molar-refractivity contribution >= 4 is 38.8 Å². The third-order valence-corrected chi connectivity index (χ3v) is 15.8. The second kappa shape index (κ2) is 24.2. The number of aryl methyl sites for hydroxylation is 4. The predicted octanol–water partition coefficient (Wildman–Crippen LogP) is 9.58. The van der Waals surface area contributed by atoms with Crippen LogP contribution in [0.4, 0.5) is 0 Å². The van der Waals surface area contributed by atoms with E-state index in [9.17, 15) is 0 Å². The number of rotatable bonds is 26. The Morgan fingerprint density at radius 2 is 0.582 bits per heavy atom. The van der Waals surface area contributed by atoms with Gasteiger partial charge in [-0.1, -0.05) is 130 Å². The number of ether oxygens (including phenoxy) is 4. The molecule has 0 bridgehead atoms. The molecule has 7 heteroatoms. The van der Waals surface area contributed by atoms with E-state index in [4.69, 9.17) is 23.1 Å². The molecule has 0 aliphatic rings. The highest BCUT2D eigenvalue weighted by Crippen LogP contribution is 2.25. The van der Waals surface area contributed by atoms with E-state index < -0.39 is 18.1 Å². The van der Waals surface area contributed by atoms with Gasteiger partial charge in [-0.2, -0.15) is 0 Å². The Morgan fingerprint density at radius 3 is 0.782 bits per heavy atom. The summed E-state index contributed by atoms with van der Waals surface area (Å²) in [6.45, 7) is 20.5. The van der Waals surface area contributed by atoms with E-state index in [1.165, 1.54) is 43.0 Å². The molecule has 55 heavy (non-hydrogen) atoms. The van der Waals surface area contributed by atoms with Crippen molar-refractivity contribution in [2.45, 2.75) is 132 Å². The van der Waals surface area contributed by atoms with Gasteiger partial charge in [0, 0.05) is 20.7 Å². The second-order valence-electron chi connectivity index (χ2n) is 14.1. The molecule has 2 radical (unpaired) electrons. The van der Waals surface area contributed by atoms with Gasteiger partial charge in [-0.15, -0.1) is 0 Å². The average molecular weight is 781 g/mol. The van der Waals surface area contributed by atoms with E-state index >= 15 is 0 Å². The van der Waals surface area contributed by atoms with Gasteiger partial charge in [0.1, 0.15) is 23.0 Å². The van der Waals surface area contributed by atoms with Crippen LogP contribution < -0.4 is 39.7 Å². The fourth-order valence-electron chi connectivity index (χ4n) is 6.86. The van der Waals surface area contributed by atoms with Crippen molar-refractivity contribution in [3.63, 3.8) is 0 Å². The summed E-state index contributed by atoms with van der Waals surface area (Å²) in [6.07, 6.45) is 11.7. The molecule has 0 heterocycles. The standard InChI is InChI=1S/C48H68O5Si2/c1-9-17-33-49-41-29-21-25-37(13-5)45(41)54(46-38(14-6)26-22-30-42(46)50-34-18-10-2)53-55(47-39(15-7)27-23-31-43(47)51-35-19-11-3)48-40(16-8)28-24-32-44(48)52-36-20-12-4/h21-32H,9-20,33-36H2,1-8H3. The summed E-state index contributed by atoms with van der Waals surface area (Å²) in [4.78, 5) is 0. The largest absolute Gasteiger partial charge is 0.494 e. The smallest absolute Gasteiger partial charge is 0.280 e.